The molecule has 1 fully saturated rings. The third kappa shape index (κ3) is 5.00. The highest BCUT2D eigenvalue weighted by Crippen LogP contribution is 2.45. The van der Waals surface area contributed by atoms with Gasteiger partial charge in [0.1, 0.15) is 12.9 Å². The monoisotopic (exact) mass is 440 g/mol. The molecule has 1 saturated heterocycles. The second-order valence-corrected chi connectivity index (χ2v) is 6.67. The molecule has 1 N–H and O–H groups in total. The summed E-state index contributed by atoms with van der Waals surface area (Å²) in [5, 5.41) is 3.06. The molecule has 9 heteroatoms. The zero-order valence-corrected chi connectivity index (χ0v) is 16.7. The van der Waals surface area contributed by atoms with E-state index in [1.54, 1.807) is 6.07 Å². The van der Waals surface area contributed by atoms with Gasteiger partial charge in [0.05, 0.1) is 0 Å². The van der Waals surface area contributed by atoms with Gasteiger partial charge in [-0.2, -0.15) is 0 Å². The number of anilines is 1. The van der Waals surface area contributed by atoms with E-state index >= 15 is 0 Å². The number of amides is 3. The van der Waals surface area contributed by atoms with Crippen molar-refractivity contribution in [2.45, 2.75) is 33.1 Å². The molecule has 32 heavy (non-hydrogen) atoms. The van der Waals surface area contributed by atoms with E-state index in [-0.39, 0.29) is 32.8 Å². The number of nitrogens with one attached hydrogen (secondary N) is 1. The Morgan fingerprint density at radius 1 is 1.06 bits per heavy atom. The van der Waals surface area contributed by atoms with Gasteiger partial charge in [-0.3, -0.25) is 19.2 Å². The molecule has 3 amide bonds. The molecule has 1 aliphatic heterocycles. The van der Waals surface area contributed by atoms with Crippen molar-refractivity contribution >= 4 is 36.4 Å². The molecule has 0 spiro atoms. The molecule has 168 valence electrons. The highest BCUT2D eigenvalue weighted by molar-refractivity contribution is 6.01. The van der Waals surface area contributed by atoms with Crippen LogP contribution in [0.4, 0.5) is 10.5 Å². The van der Waals surface area contributed by atoms with E-state index in [0.29, 0.717) is 17.2 Å². The molecular formula is C23H24N2O7. The topological polar surface area (TPSA) is 119 Å². The van der Waals surface area contributed by atoms with Crippen LogP contribution in [0.2, 0.25) is 0 Å². The number of rotatable bonds is 5. The third-order valence-corrected chi connectivity index (χ3v) is 4.82. The summed E-state index contributed by atoms with van der Waals surface area (Å²) >= 11 is 0. The maximum absolute atomic E-state index is 12.0. The van der Waals surface area contributed by atoms with Gasteiger partial charge in [-0.1, -0.05) is 42.8 Å². The Kier molecular flexibility index (Phi) is 8.23. The van der Waals surface area contributed by atoms with Gasteiger partial charge in [-0.15, -0.1) is 0 Å². The van der Waals surface area contributed by atoms with E-state index in [2.05, 4.69) is 5.32 Å². The predicted molar refractivity (Wildman–Crippen MR) is 115 cm³/mol. The number of imide groups is 1. The van der Waals surface area contributed by atoms with Crippen molar-refractivity contribution in [1.82, 2.24) is 5.06 Å². The SMILES string of the molecule is C.CC=O.O=CNc1ccc2c(c1)C(COC(=O)ON1C(=O)CCC1=O)c1ccccc1-2. The molecule has 0 aromatic heterocycles. The molecule has 1 atom stereocenters. The van der Waals surface area contributed by atoms with E-state index in [1.165, 1.54) is 6.92 Å². The summed E-state index contributed by atoms with van der Waals surface area (Å²) in [7, 11) is 0. The van der Waals surface area contributed by atoms with E-state index in [0.717, 1.165) is 28.5 Å². The second-order valence-electron chi connectivity index (χ2n) is 6.67. The average molecular weight is 440 g/mol. The molecule has 2 aromatic carbocycles. The van der Waals surface area contributed by atoms with E-state index < -0.39 is 18.0 Å². The molecule has 2 aromatic rings. The van der Waals surface area contributed by atoms with E-state index in [9.17, 15) is 19.2 Å². The first-order chi connectivity index (χ1) is 15.0. The molecule has 9 nitrogen and oxygen atoms in total. The summed E-state index contributed by atoms with van der Waals surface area (Å²) < 4.78 is 5.20. The normalized spacial score (nSPS) is 15.4. The van der Waals surface area contributed by atoms with Crippen LogP contribution in [0.1, 0.15) is 44.2 Å². The number of aldehydes is 1. The fraction of sp³-hybridized carbons (Fsp3) is 0.261. The first kappa shape index (κ1) is 24.3. The maximum Gasteiger partial charge on any atom is 0.533 e. The number of hydrogen-bond donors (Lipinski definition) is 1. The minimum absolute atomic E-state index is 0. The standard InChI is InChI=1S/C20H16N2O6.C2H4O.CH4/c23-11-21-12-5-6-15-13-3-1-2-4-14(13)17(16(15)9-12)10-27-20(26)28-22-18(24)7-8-19(22)25;1-2-3;/h1-6,9,11,17H,7-8,10H2,(H,21,23);2H,1H3;1H4. The van der Waals surface area contributed by atoms with Crippen molar-refractivity contribution in [3.8, 4) is 11.1 Å². The van der Waals surface area contributed by atoms with Crippen LogP contribution in [0.25, 0.3) is 11.1 Å². The Labute approximate surface area is 185 Å². The number of hydroxylamine groups is 2. The molecule has 1 heterocycles. The molecule has 1 aliphatic carbocycles. The van der Waals surface area contributed by atoms with Crippen LogP contribution in [-0.2, 0) is 28.8 Å². The summed E-state index contributed by atoms with van der Waals surface area (Å²) in [5.74, 6) is -1.40. The summed E-state index contributed by atoms with van der Waals surface area (Å²) in [5.41, 5.74) is 4.50. The third-order valence-electron chi connectivity index (χ3n) is 4.82. The minimum Gasteiger partial charge on any atom is -0.432 e. The zero-order chi connectivity index (χ0) is 22.4. The van der Waals surface area contributed by atoms with Gasteiger partial charge in [0.25, 0.3) is 11.8 Å². The van der Waals surface area contributed by atoms with Gasteiger partial charge in [0.2, 0.25) is 6.41 Å². The number of hydrogen-bond acceptors (Lipinski definition) is 7. The lowest BCUT2D eigenvalue weighted by Crippen LogP contribution is -2.32. The lowest BCUT2D eigenvalue weighted by atomic mass is 9.97. The Hall–Kier alpha value is -4.01. The van der Waals surface area contributed by atoms with Crippen molar-refractivity contribution in [1.29, 1.82) is 0 Å². The minimum atomic E-state index is -1.11. The molecule has 0 bridgehead atoms. The molecule has 0 saturated carbocycles. The molecule has 0 radical (unpaired) electrons. The van der Waals surface area contributed by atoms with Crippen molar-refractivity contribution in [2.24, 2.45) is 0 Å². The van der Waals surface area contributed by atoms with Gasteiger partial charge in [0, 0.05) is 24.4 Å². The van der Waals surface area contributed by atoms with E-state index in [1.807, 2.05) is 36.4 Å². The zero-order valence-electron chi connectivity index (χ0n) is 16.7. The van der Waals surface area contributed by atoms with Crippen LogP contribution in [0.15, 0.2) is 42.5 Å². The first-order valence-electron chi connectivity index (χ1n) is 9.53. The maximum atomic E-state index is 12.0. The summed E-state index contributed by atoms with van der Waals surface area (Å²) in [6.07, 6.45) is 0.262. The van der Waals surface area contributed by atoms with Crippen LogP contribution in [0, 0.1) is 0 Å². The quantitative estimate of drug-likeness (QED) is 0.430. The van der Waals surface area contributed by atoms with Crippen LogP contribution >= 0.6 is 0 Å². The first-order valence-corrected chi connectivity index (χ1v) is 9.53. The Balaban J connectivity index is 0.000000860. The van der Waals surface area contributed by atoms with Crippen molar-refractivity contribution in [2.75, 3.05) is 11.9 Å². The second kappa shape index (κ2) is 10.9. The predicted octanol–water partition coefficient (Wildman–Crippen LogP) is 3.43. The van der Waals surface area contributed by atoms with Crippen molar-refractivity contribution in [3.63, 3.8) is 0 Å². The van der Waals surface area contributed by atoms with E-state index in [4.69, 9.17) is 14.4 Å². The Morgan fingerprint density at radius 2 is 1.69 bits per heavy atom. The Bertz CT molecular complexity index is 1020. The fourth-order valence-corrected chi connectivity index (χ4v) is 3.56. The smallest absolute Gasteiger partial charge is 0.432 e. The largest absolute Gasteiger partial charge is 0.533 e. The molecule has 2 aliphatic rings. The number of benzene rings is 2. The summed E-state index contributed by atoms with van der Waals surface area (Å²) in [6, 6.07) is 13.3. The lowest BCUT2D eigenvalue weighted by molar-refractivity contribution is -0.177. The number of nitrogens with zero attached hydrogens (tertiary/aromatic N) is 1. The van der Waals surface area contributed by atoms with Gasteiger partial charge in [0.15, 0.2) is 0 Å². The van der Waals surface area contributed by atoms with Gasteiger partial charge in [-0.05, 0) is 41.3 Å². The van der Waals surface area contributed by atoms with Gasteiger partial charge >= 0.3 is 6.16 Å². The molecule has 4 rings (SSSR count). The summed E-state index contributed by atoms with van der Waals surface area (Å²) in [4.78, 5) is 59.4. The number of ether oxygens (including phenoxy) is 1. The summed E-state index contributed by atoms with van der Waals surface area (Å²) in [6.45, 7) is 1.41. The van der Waals surface area contributed by atoms with Crippen LogP contribution in [0.3, 0.4) is 0 Å². The van der Waals surface area contributed by atoms with Crippen molar-refractivity contribution in [3.05, 3.63) is 53.6 Å². The highest BCUT2D eigenvalue weighted by Gasteiger charge is 2.34. The number of carbonyl (C=O) groups is 5. The molecule has 1 unspecified atom stereocenters. The average Bonchev–Trinajstić information content (AvgIpc) is 3.24. The number of carbonyl (C=O) groups excluding carboxylic acids is 5. The van der Waals surface area contributed by atoms with Crippen LogP contribution in [-0.4, -0.2) is 42.3 Å². The highest BCUT2D eigenvalue weighted by atomic mass is 16.8. The van der Waals surface area contributed by atoms with Gasteiger partial charge in [-0.25, -0.2) is 4.79 Å². The Morgan fingerprint density at radius 3 is 2.34 bits per heavy atom. The van der Waals surface area contributed by atoms with Crippen LogP contribution < -0.4 is 5.32 Å². The fourth-order valence-electron chi connectivity index (χ4n) is 3.56. The lowest BCUT2D eigenvalue weighted by Gasteiger charge is -2.16. The van der Waals surface area contributed by atoms with Gasteiger partial charge < -0.3 is 14.8 Å². The van der Waals surface area contributed by atoms with Crippen LogP contribution in [0.5, 0.6) is 0 Å². The van der Waals surface area contributed by atoms with Crippen molar-refractivity contribution < 1.29 is 33.5 Å². The number of fused-ring (bicyclic) bond motifs is 3. The molecular weight excluding hydrogens is 416 g/mol.